The highest BCUT2D eigenvalue weighted by Crippen LogP contribution is 2.32. The first-order valence-corrected chi connectivity index (χ1v) is 13.9. The number of allylic oxidation sites excluding steroid dienone is 1. The number of ether oxygens (including phenoxy) is 3. The monoisotopic (exact) mass is 587 g/mol. The van der Waals surface area contributed by atoms with Gasteiger partial charge >= 0.3 is 11.9 Å². The smallest absolute Gasteiger partial charge is 0.379 e. The molecule has 0 amide bonds. The molecule has 0 N–H and O–H groups in total. The molecule has 0 saturated carbocycles. The van der Waals surface area contributed by atoms with Crippen LogP contribution >= 0.6 is 11.3 Å². The summed E-state index contributed by atoms with van der Waals surface area (Å²) < 4.78 is 23.0. The summed E-state index contributed by atoms with van der Waals surface area (Å²) in [5, 5.41) is 0. The van der Waals surface area contributed by atoms with Gasteiger partial charge in [-0.05, 0) is 60.5 Å². The highest BCUT2D eigenvalue weighted by molar-refractivity contribution is 7.07. The predicted molar refractivity (Wildman–Crippen MR) is 157 cm³/mol. The molecule has 0 radical (unpaired) electrons. The summed E-state index contributed by atoms with van der Waals surface area (Å²) in [5.74, 6) is -0.890. The fourth-order valence-electron chi connectivity index (χ4n) is 4.48. The topological polar surface area (TPSA) is 113 Å². The molecule has 0 saturated heterocycles. The molecule has 1 aliphatic heterocycles. The van der Waals surface area contributed by atoms with Gasteiger partial charge in [0.15, 0.2) is 4.80 Å². The molecule has 0 spiro atoms. The van der Waals surface area contributed by atoms with E-state index in [2.05, 4.69) is 4.99 Å². The number of hydrogen-bond donors (Lipinski definition) is 0. The SMILES string of the molecule is COCCOC(=O)C1=C(C)N=c2sc(=Cc3ccc(N(C)C)cc3)c(=O)n2C1c1ccc(OC(=O)c2ccco2)cc1. The number of carbonyl (C=O) groups excluding carboxylic acids is 2. The van der Waals surface area contributed by atoms with Crippen LogP contribution in [-0.4, -0.2) is 50.9 Å². The summed E-state index contributed by atoms with van der Waals surface area (Å²) in [5.41, 5.74) is 2.91. The lowest BCUT2D eigenvalue weighted by Crippen LogP contribution is -2.40. The molecule has 1 aliphatic rings. The summed E-state index contributed by atoms with van der Waals surface area (Å²) in [7, 11) is 5.44. The zero-order chi connectivity index (χ0) is 29.8. The molecule has 1 unspecified atom stereocenters. The van der Waals surface area contributed by atoms with Gasteiger partial charge in [-0.3, -0.25) is 9.36 Å². The molecule has 10 nitrogen and oxygen atoms in total. The van der Waals surface area contributed by atoms with Crippen molar-refractivity contribution in [3.63, 3.8) is 0 Å². The van der Waals surface area contributed by atoms with Crippen LogP contribution in [0, 0.1) is 0 Å². The van der Waals surface area contributed by atoms with E-state index in [1.54, 1.807) is 37.3 Å². The largest absolute Gasteiger partial charge is 0.460 e. The van der Waals surface area contributed by atoms with E-state index in [1.807, 2.05) is 49.3 Å². The number of fused-ring (bicyclic) bond motifs is 1. The first-order valence-electron chi connectivity index (χ1n) is 13.1. The zero-order valence-electron chi connectivity index (χ0n) is 23.5. The molecular weight excluding hydrogens is 558 g/mol. The maximum Gasteiger partial charge on any atom is 0.379 e. The first kappa shape index (κ1) is 28.8. The lowest BCUT2D eigenvalue weighted by atomic mass is 9.96. The minimum Gasteiger partial charge on any atom is -0.460 e. The van der Waals surface area contributed by atoms with E-state index in [4.69, 9.17) is 18.6 Å². The second kappa shape index (κ2) is 12.4. The molecule has 11 heteroatoms. The van der Waals surface area contributed by atoms with Gasteiger partial charge in [-0.15, -0.1) is 0 Å². The molecular formula is C31H29N3O7S. The number of anilines is 1. The third-order valence-corrected chi connectivity index (χ3v) is 7.58. The van der Waals surface area contributed by atoms with Gasteiger partial charge in [0.05, 0.1) is 34.7 Å². The number of aromatic nitrogens is 1. The highest BCUT2D eigenvalue weighted by atomic mass is 32.1. The van der Waals surface area contributed by atoms with Gasteiger partial charge in [0, 0.05) is 26.9 Å². The lowest BCUT2D eigenvalue weighted by Gasteiger charge is -2.25. The Morgan fingerprint density at radius 2 is 1.79 bits per heavy atom. The van der Waals surface area contributed by atoms with Crippen LogP contribution < -0.4 is 24.5 Å². The van der Waals surface area contributed by atoms with Crippen molar-refractivity contribution in [2.45, 2.75) is 13.0 Å². The Hall–Kier alpha value is -4.74. The fourth-order valence-corrected chi connectivity index (χ4v) is 5.53. The van der Waals surface area contributed by atoms with Crippen molar-refractivity contribution in [1.82, 2.24) is 4.57 Å². The van der Waals surface area contributed by atoms with Gasteiger partial charge in [-0.2, -0.15) is 0 Å². The van der Waals surface area contributed by atoms with Crippen LogP contribution in [0.25, 0.3) is 6.08 Å². The van der Waals surface area contributed by atoms with Crippen molar-refractivity contribution in [1.29, 1.82) is 0 Å². The van der Waals surface area contributed by atoms with Gasteiger partial charge in [-0.1, -0.05) is 35.6 Å². The van der Waals surface area contributed by atoms with Crippen LogP contribution in [0.2, 0.25) is 0 Å². The van der Waals surface area contributed by atoms with Crippen LogP contribution in [0.4, 0.5) is 5.69 Å². The Morgan fingerprint density at radius 1 is 1.05 bits per heavy atom. The normalized spacial score (nSPS) is 14.8. The maximum atomic E-state index is 13.9. The number of nitrogens with zero attached hydrogens (tertiary/aromatic N) is 3. The van der Waals surface area contributed by atoms with E-state index in [0.717, 1.165) is 11.3 Å². The van der Waals surface area contributed by atoms with E-state index in [9.17, 15) is 14.4 Å². The number of hydrogen-bond acceptors (Lipinski definition) is 10. The third kappa shape index (κ3) is 5.97. The number of carbonyl (C=O) groups is 2. The summed E-state index contributed by atoms with van der Waals surface area (Å²) >= 11 is 1.25. The number of esters is 2. The summed E-state index contributed by atoms with van der Waals surface area (Å²) in [6, 6.07) is 16.7. The standard InChI is InChI=1S/C31H29N3O7S/c1-19-26(30(37)40-17-16-38-4)27(21-9-13-23(14-10-21)41-29(36)24-6-5-15-39-24)34-28(35)25(42-31(34)32-19)18-20-7-11-22(12-8-20)33(2)3/h5-15,18,27H,16-17H2,1-4H3. The summed E-state index contributed by atoms with van der Waals surface area (Å²) in [6.07, 6.45) is 3.20. The van der Waals surface area contributed by atoms with Crippen molar-refractivity contribution < 1.29 is 28.2 Å². The molecule has 42 heavy (non-hydrogen) atoms. The van der Waals surface area contributed by atoms with E-state index < -0.39 is 18.0 Å². The molecule has 3 heterocycles. The number of thiazole rings is 1. The Labute approximate surface area is 245 Å². The minimum absolute atomic E-state index is 0.0495. The van der Waals surface area contributed by atoms with Crippen molar-refractivity contribution in [2.75, 3.05) is 39.3 Å². The molecule has 4 aromatic rings. The fraction of sp³-hybridized carbons (Fsp3) is 0.226. The van der Waals surface area contributed by atoms with E-state index in [1.165, 1.54) is 35.3 Å². The first-order chi connectivity index (χ1) is 20.3. The number of benzene rings is 2. The molecule has 5 rings (SSSR count). The predicted octanol–water partition coefficient (Wildman–Crippen LogP) is 3.30. The highest BCUT2D eigenvalue weighted by Gasteiger charge is 2.33. The van der Waals surface area contributed by atoms with Gasteiger partial charge in [0.1, 0.15) is 12.4 Å². The summed E-state index contributed by atoms with van der Waals surface area (Å²) in [6.45, 7) is 2.00. The van der Waals surface area contributed by atoms with Crippen LogP contribution in [0.1, 0.15) is 34.6 Å². The van der Waals surface area contributed by atoms with Crippen LogP contribution in [0.3, 0.4) is 0 Å². The molecule has 0 fully saturated rings. The molecule has 1 atom stereocenters. The Morgan fingerprint density at radius 3 is 2.43 bits per heavy atom. The van der Waals surface area contributed by atoms with E-state index >= 15 is 0 Å². The van der Waals surface area contributed by atoms with Crippen LogP contribution in [-0.2, 0) is 14.3 Å². The number of furan rings is 1. The van der Waals surface area contributed by atoms with Crippen molar-refractivity contribution in [3.05, 3.63) is 115 Å². The Kier molecular flexibility index (Phi) is 8.51. The van der Waals surface area contributed by atoms with Crippen LogP contribution in [0.5, 0.6) is 5.75 Å². The zero-order valence-corrected chi connectivity index (χ0v) is 24.3. The minimum atomic E-state index is -0.815. The lowest BCUT2D eigenvalue weighted by molar-refractivity contribution is -0.140. The van der Waals surface area contributed by atoms with Crippen molar-refractivity contribution in [2.24, 2.45) is 4.99 Å². The van der Waals surface area contributed by atoms with Crippen LogP contribution in [0.15, 0.2) is 92.4 Å². The number of methoxy groups -OCH3 is 1. The Balaban J connectivity index is 1.55. The molecule has 2 aromatic heterocycles. The molecule has 0 bridgehead atoms. The average molecular weight is 588 g/mol. The molecule has 0 aliphatic carbocycles. The third-order valence-electron chi connectivity index (χ3n) is 6.60. The second-order valence-corrected chi connectivity index (χ2v) is 10.6. The van der Waals surface area contributed by atoms with Gasteiger partial charge in [0.25, 0.3) is 5.56 Å². The molecule has 216 valence electrons. The van der Waals surface area contributed by atoms with Gasteiger partial charge in [0.2, 0.25) is 5.76 Å². The van der Waals surface area contributed by atoms with Gasteiger partial charge < -0.3 is 23.5 Å². The van der Waals surface area contributed by atoms with Crippen molar-refractivity contribution in [3.8, 4) is 5.75 Å². The quantitative estimate of drug-likeness (QED) is 0.167. The van der Waals surface area contributed by atoms with E-state index in [0.29, 0.717) is 20.6 Å². The average Bonchev–Trinajstić information content (AvgIpc) is 3.62. The van der Waals surface area contributed by atoms with E-state index in [-0.39, 0.29) is 35.9 Å². The maximum absolute atomic E-state index is 13.9. The number of rotatable bonds is 9. The molecule has 2 aromatic carbocycles. The second-order valence-electron chi connectivity index (χ2n) is 9.63. The van der Waals surface area contributed by atoms with Crippen molar-refractivity contribution >= 4 is 35.0 Å². The van der Waals surface area contributed by atoms with Gasteiger partial charge in [-0.25, -0.2) is 14.6 Å². The summed E-state index contributed by atoms with van der Waals surface area (Å²) in [4.78, 5) is 46.6. The Bertz CT molecular complexity index is 1800.